The van der Waals surface area contributed by atoms with E-state index in [-0.39, 0.29) is 31.1 Å². The highest BCUT2D eigenvalue weighted by Crippen LogP contribution is 2.31. The predicted molar refractivity (Wildman–Crippen MR) is 82.3 cm³/mol. The summed E-state index contributed by atoms with van der Waals surface area (Å²) in [6, 6.07) is 7.83. The molecule has 5 nitrogen and oxygen atoms in total. The number of hydrogen-bond acceptors (Lipinski definition) is 3. The summed E-state index contributed by atoms with van der Waals surface area (Å²) >= 11 is 0. The summed E-state index contributed by atoms with van der Waals surface area (Å²) in [7, 11) is 0. The summed E-state index contributed by atoms with van der Waals surface area (Å²) in [5.41, 5.74) is -0.788. The molecule has 0 spiro atoms. The molecule has 1 aliphatic heterocycles. The number of alkyl halides is 3. The van der Waals surface area contributed by atoms with Crippen LogP contribution in [-0.2, 0) is 22.3 Å². The summed E-state index contributed by atoms with van der Waals surface area (Å²) in [6.07, 6.45) is -2.97. The number of nitrogens with one attached hydrogen (secondary N) is 1. The van der Waals surface area contributed by atoms with E-state index in [0.717, 1.165) is 12.1 Å². The standard InChI is InChI=1S/C17H15F3N2O3/c18-17(19,20)12-3-1-4-13(8-12)21-16(24)11-7-15(23)22(9-11)10-14-5-2-6-25-14/h1-6,8,11H,7,9-10H2,(H,21,24)/t11-/m1/s1. The Morgan fingerprint density at radius 2 is 2.08 bits per heavy atom. The molecule has 0 unspecified atom stereocenters. The zero-order valence-electron chi connectivity index (χ0n) is 13.0. The fourth-order valence-electron chi connectivity index (χ4n) is 2.71. The van der Waals surface area contributed by atoms with Crippen LogP contribution in [0.1, 0.15) is 17.7 Å². The molecule has 0 radical (unpaired) electrons. The van der Waals surface area contributed by atoms with Crippen molar-refractivity contribution in [2.75, 3.05) is 11.9 Å². The van der Waals surface area contributed by atoms with Crippen LogP contribution in [-0.4, -0.2) is 23.3 Å². The van der Waals surface area contributed by atoms with Gasteiger partial charge >= 0.3 is 6.18 Å². The van der Waals surface area contributed by atoms with Gasteiger partial charge in [0.05, 0.1) is 24.3 Å². The third kappa shape index (κ3) is 4.01. The Labute approximate surface area is 141 Å². The molecule has 1 aliphatic rings. The van der Waals surface area contributed by atoms with Crippen molar-refractivity contribution in [2.45, 2.75) is 19.1 Å². The van der Waals surface area contributed by atoms with Crippen LogP contribution >= 0.6 is 0 Å². The lowest BCUT2D eigenvalue weighted by molar-refractivity contribution is -0.137. The molecule has 1 fully saturated rings. The lowest BCUT2D eigenvalue weighted by atomic mass is 10.1. The maximum Gasteiger partial charge on any atom is 0.416 e. The highest BCUT2D eigenvalue weighted by molar-refractivity contribution is 5.97. The van der Waals surface area contributed by atoms with E-state index in [1.54, 1.807) is 12.1 Å². The van der Waals surface area contributed by atoms with Crippen molar-refractivity contribution in [2.24, 2.45) is 5.92 Å². The van der Waals surface area contributed by atoms with Crippen molar-refractivity contribution < 1.29 is 27.2 Å². The van der Waals surface area contributed by atoms with Gasteiger partial charge in [-0.25, -0.2) is 0 Å². The van der Waals surface area contributed by atoms with Crippen LogP contribution in [0.3, 0.4) is 0 Å². The van der Waals surface area contributed by atoms with Gasteiger partial charge in [0.25, 0.3) is 0 Å². The molecule has 2 heterocycles. The third-order valence-electron chi connectivity index (χ3n) is 3.97. The largest absolute Gasteiger partial charge is 0.467 e. The normalized spacial score (nSPS) is 17.8. The van der Waals surface area contributed by atoms with Gasteiger partial charge in [-0.2, -0.15) is 13.2 Å². The topological polar surface area (TPSA) is 62.6 Å². The summed E-state index contributed by atoms with van der Waals surface area (Å²) in [4.78, 5) is 25.8. The summed E-state index contributed by atoms with van der Waals surface area (Å²) in [5, 5.41) is 2.46. The van der Waals surface area contributed by atoms with E-state index in [2.05, 4.69) is 5.32 Å². The summed E-state index contributed by atoms with van der Waals surface area (Å²) < 4.78 is 43.3. The Kier molecular flexibility index (Phi) is 4.52. The highest BCUT2D eigenvalue weighted by Gasteiger charge is 2.35. The Morgan fingerprint density at radius 1 is 1.28 bits per heavy atom. The van der Waals surface area contributed by atoms with Gasteiger partial charge in [0, 0.05) is 18.7 Å². The van der Waals surface area contributed by atoms with Crippen molar-refractivity contribution in [1.82, 2.24) is 4.90 Å². The van der Waals surface area contributed by atoms with Crippen LogP contribution in [0.15, 0.2) is 47.1 Å². The maximum atomic E-state index is 12.7. The van der Waals surface area contributed by atoms with E-state index in [1.807, 2.05) is 0 Å². The van der Waals surface area contributed by atoms with Crippen molar-refractivity contribution in [3.63, 3.8) is 0 Å². The fraction of sp³-hybridized carbons (Fsp3) is 0.294. The Bertz CT molecular complexity index is 772. The van der Waals surface area contributed by atoms with E-state index in [9.17, 15) is 22.8 Å². The van der Waals surface area contributed by atoms with Gasteiger partial charge in [0.2, 0.25) is 11.8 Å². The van der Waals surface area contributed by atoms with E-state index >= 15 is 0 Å². The van der Waals surface area contributed by atoms with Gasteiger partial charge in [0.15, 0.2) is 0 Å². The maximum absolute atomic E-state index is 12.7. The summed E-state index contributed by atoms with van der Waals surface area (Å²) in [5.74, 6) is -0.681. The molecular weight excluding hydrogens is 337 g/mol. The van der Waals surface area contributed by atoms with Crippen molar-refractivity contribution in [3.05, 3.63) is 54.0 Å². The molecular formula is C17H15F3N2O3. The number of carbonyl (C=O) groups is 2. The lowest BCUT2D eigenvalue weighted by Crippen LogP contribution is -2.28. The van der Waals surface area contributed by atoms with Crippen LogP contribution in [0.5, 0.6) is 0 Å². The van der Waals surface area contributed by atoms with Crippen LogP contribution in [0.25, 0.3) is 0 Å². The molecule has 0 saturated carbocycles. The molecule has 0 aliphatic carbocycles. The quantitative estimate of drug-likeness (QED) is 0.918. The van der Waals surface area contributed by atoms with Crippen molar-refractivity contribution in [3.8, 4) is 0 Å². The Morgan fingerprint density at radius 3 is 2.76 bits per heavy atom. The molecule has 25 heavy (non-hydrogen) atoms. The predicted octanol–water partition coefficient (Wildman–Crippen LogP) is 3.29. The average Bonchev–Trinajstić information content (AvgIpc) is 3.18. The number of carbonyl (C=O) groups excluding carboxylic acids is 2. The molecule has 1 aromatic carbocycles. The second kappa shape index (κ2) is 6.62. The van der Waals surface area contributed by atoms with Gasteiger partial charge in [-0.05, 0) is 30.3 Å². The molecule has 1 aromatic heterocycles. The smallest absolute Gasteiger partial charge is 0.416 e. The van der Waals surface area contributed by atoms with Crippen molar-refractivity contribution in [1.29, 1.82) is 0 Å². The monoisotopic (exact) mass is 352 g/mol. The molecule has 1 atom stereocenters. The molecule has 8 heteroatoms. The van der Waals surface area contributed by atoms with Crippen molar-refractivity contribution >= 4 is 17.5 Å². The molecule has 132 valence electrons. The first kappa shape index (κ1) is 17.1. The number of rotatable bonds is 4. The number of furan rings is 1. The number of amides is 2. The Hall–Kier alpha value is -2.77. The number of anilines is 1. The van der Waals surface area contributed by atoms with Gasteiger partial charge in [-0.1, -0.05) is 6.07 Å². The average molecular weight is 352 g/mol. The summed E-state index contributed by atoms with van der Waals surface area (Å²) in [6.45, 7) is 0.462. The van der Waals surface area contributed by atoms with Crippen LogP contribution in [0.4, 0.5) is 18.9 Å². The number of likely N-dealkylation sites (tertiary alicyclic amines) is 1. The van der Waals surface area contributed by atoms with Crippen LogP contribution < -0.4 is 5.32 Å². The van der Waals surface area contributed by atoms with E-state index < -0.39 is 23.6 Å². The highest BCUT2D eigenvalue weighted by atomic mass is 19.4. The number of nitrogens with zero attached hydrogens (tertiary/aromatic N) is 1. The second-order valence-electron chi connectivity index (χ2n) is 5.82. The van der Waals surface area contributed by atoms with Gasteiger partial charge in [-0.3, -0.25) is 9.59 Å². The number of benzene rings is 1. The molecule has 1 N–H and O–H groups in total. The van der Waals surface area contributed by atoms with E-state index in [0.29, 0.717) is 5.76 Å². The molecule has 2 amide bonds. The van der Waals surface area contributed by atoms with Gasteiger partial charge < -0.3 is 14.6 Å². The zero-order valence-corrected chi connectivity index (χ0v) is 13.0. The minimum absolute atomic E-state index is 0.0193. The van der Waals surface area contributed by atoms with Gasteiger partial charge in [-0.15, -0.1) is 0 Å². The molecule has 3 rings (SSSR count). The number of hydrogen-bond donors (Lipinski definition) is 1. The van der Waals surface area contributed by atoms with Crippen LogP contribution in [0, 0.1) is 5.92 Å². The molecule has 2 aromatic rings. The first-order valence-corrected chi connectivity index (χ1v) is 7.61. The van der Waals surface area contributed by atoms with Crippen LogP contribution in [0.2, 0.25) is 0 Å². The minimum atomic E-state index is -4.48. The SMILES string of the molecule is O=C(Nc1cccc(C(F)(F)F)c1)[C@@H]1CC(=O)N(Cc2ccco2)C1. The molecule has 1 saturated heterocycles. The molecule has 0 bridgehead atoms. The van der Waals surface area contributed by atoms with Gasteiger partial charge in [0.1, 0.15) is 5.76 Å². The minimum Gasteiger partial charge on any atom is -0.467 e. The lowest BCUT2D eigenvalue weighted by Gasteiger charge is -2.15. The fourth-order valence-corrected chi connectivity index (χ4v) is 2.71. The van der Waals surface area contributed by atoms with E-state index in [1.165, 1.54) is 23.3 Å². The Balaban J connectivity index is 1.63. The zero-order chi connectivity index (χ0) is 18.0. The first-order valence-electron chi connectivity index (χ1n) is 7.61. The van der Waals surface area contributed by atoms with E-state index in [4.69, 9.17) is 4.42 Å². The number of halogens is 3. The third-order valence-corrected chi connectivity index (χ3v) is 3.97. The second-order valence-corrected chi connectivity index (χ2v) is 5.82. The first-order chi connectivity index (χ1) is 11.8.